The van der Waals surface area contributed by atoms with Crippen molar-refractivity contribution < 1.29 is 19.5 Å². The third-order valence-corrected chi connectivity index (χ3v) is 4.99. The van der Waals surface area contributed by atoms with Crippen LogP contribution in [-0.4, -0.2) is 60.3 Å². The van der Waals surface area contributed by atoms with Gasteiger partial charge in [0.15, 0.2) is 0 Å². The van der Waals surface area contributed by atoms with Crippen LogP contribution < -0.4 is 15.5 Å². The third kappa shape index (κ3) is 11.1. The number of halogens is 2. The van der Waals surface area contributed by atoms with Gasteiger partial charge >= 0.3 is 5.97 Å². The number of anilines is 1. The fraction of sp³-hybridized carbons (Fsp3) is 0.500. The minimum Gasteiger partial charge on any atom is -0.480 e. The average molecular weight is 472 g/mol. The van der Waals surface area contributed by atoms with Crippen molar-refractivity contribution in [2.75, 3.05) is 36.3 Å². The van der Waals surface area contributed by atoms with Gasteiger partial charge in [0.2, 0.25) is 11.8 Å². The van der Waals surface area contributed by atoms with Crippen molar-refractivity contribution in [2.45, 2.75) is 38.1 Å². The second-order valence-corrected chi connectivity index (χ2v) is 7.76. The standard InChI is InChI=1S/C22H31Cl2N3O4/c1-2-20(28)25-13-5-3-4-6-21(29)26-19(22(30)31)16-17-7-9-18(10-8-17)27(14-11-23)15-12-24/h2,7-10,19H,1,3-6,11-16H2,(H,25,28)(H,26,29)(H,30,31). The number of benzene rings is 1. The summed E-state index contributed by atoms with van der Waals surface area (Å²) in [6, 6.07) is 6.52. The van der Waals surface area contributed by atoms with E-state index in [0.717, 1.165) is 24.1 Å². The molecule has 1 aromatic carbocycles. The van der Waals surface area contributed by atoms with Gasteiger partial charge < -0.3 is 20.6 Å². The first-order valence-electron chi connectivity index (χ1n) is 10.3. The maximum atomic E-state index is 12.1. The number of hydrogen-bond donors (Lipinski definition) is 3. The van der Waals surface area contributed by atoms with Gasteiger partial charge in [-0.1, -0.05) is 25.1 Å². The van der Waals surface area contributed by atoms with Crippen LogP contribution in [0.3, 0.4) is 0 Å². The Balaban J connectivity index is 2.49. The summed E-state index contributed by atoms with van der Waals surface area (Å²) in [4.78, 5) is 36.8. The molecule has 1 aromatic rings. The molecule has 0 aromatic heterocycles. The Bertz CT molecular complexity index is 707. The van der Waals surface area contributed by atoms with Crippen LogP contribution in [0.15, 0.2) is 36.9 Å². The number of alkyl halides is 2. The Kier molecular flexibility index (Phi) is 13.4. The van der Waals surface area contributed by atoms with Crippen LogP contribution in [0.2, 0.25) is 0 Å². The van der Waals surface area contributed by atoms with Crippen molar-refractivity contribution in [3.8, 4) is 0 Å². The maximum Gasteiger partial charge on any atom is 0.326 e. The summed E-state index contributed by atoms with van der Waals surface area (Å²) in [5.41, 5.74) is 1.77. The average Bonchev–Trinajstić information content (AvgIpc) is 2.75. The number of carboxylic acid groups (broad SMARTS) is 1. The summed E-state index contributed by atoms with van der Waals surface area (Å²) < 4.78 is 0. The number of rotatable bonds is 16. The van der Waals surface area contributed by atoms with E-state index in [1.807, 2.05) is 24.3 Å². The van der Waals surface area contributed by atoms with E-state index in [-0.39, 0.29) is 24.7 Å². The Morgan fingerprint density at radius 2 is 1.71 bits per heavy atom. The van der Waals surface area contributed by atoms with Gasteiger partial charge in [-0.05, 0) is 36.6 Å². The smallest absolute Gasteiger partial charge is 0.326 e. The molecule has 0 fully saturated rings. The molecule has 1 unspecified atom stereocenters. The summed E-state index contributed by atoms with van der Waals surface area (Å²) in [6.45, 7) is 5.23. The van der Waals surface area contributed by atoms with E-state index >= 15 is 0 Å². The van der Waals surface area contributed by atoms with Gasteiger partial charge in [0.1, 0.15) is 6.04 Å². The maximum absolute atomic E-state index is 12.1. The fourth-order valence-electron chi connectivity index (χ4n) is 2.99. The molecule has 0 heterocycles. The number of amides is 2. The van der Waals surface area contributed by atoms with Crippen molar-refractivity contribution in [1.29, 1.82) is 0 Å². The van der Waals surface area contributed by atoms with Crippen LogP contribution in [0.5, 0.6) is 0 Å². The zero-order chi connectivity index (χ0) is 23.1. The molecule has 172 valence electrons. The van der Waals surface area contributed by atoms with E-state index in [4.69, 9.17) is 23.2 Å². The monoisotopic (exact) mass is 471 g/mol. The highest BCUT2D eigenvalue weighted by atomic mass is 35.5. The second kappa shape index (κ2) is 15.5. The molecule has 31 heavy (non-hydrogen) atoms. The highest BCUT2D eigenvalue weighted by Crippen LogP contribution is 2.17. The van der Waals surface area contributed by atoms with E-state index in [1.54, 1.807) is 0 Å². The van der Waals surface area contributed by atoms with E-state index in [0.29, 0.717) is 37.8 Å². The summed E-state index contributed by atoms with van der Waals surface area (Å²) in [6.07, 6.45) is 3.76. The van der Waals surface area contributed by atoms with Crippen molar-refractivity contribution in [1.82, 2.24) is 10.6 Å². The summed E-state index contributed by atoms with van der Waals surface area (Å²) in [5.74, 6) is -0.629. The van der Waals surface area contributed by atoms with Crippen molar-refractivity contribution >= 4 is 46.7 Å². The summed E-state index contributed by atoms with van der Waals surface area (Å²) in [7, 11) is 0. The molecule has 1 atom stereocenters. The number of aliphatic carboxylic acids is 1. The second-order valence-electron chi connectivity index (χ2n) is 7.00. The van der Waals surface area contributed by atoms with Gasteiger partial charge in [0.25, 0.3) is 0 Å². The lowest BCUT2D eigenvalue weighted by molar-refractivity contribution is -0.141. The first-order chi connectivity index (χ1) is 14.9. The summed E-state index contributed by atoms with van der Waals surface area (Å²) in [5, 5.41) is 14.7. The zero-order valence-electron chi connectivity index (χ0n) is 17.6. The lowest BCUT2D eigenvalue weighted by Crippen LogP contribution is -2.42. The number of carboxylic acids is 1. The molecule has 1 rings (SSSR count). The molecule has 7 nitrogen and oxygen atoms in total. The van der Waals surface area contributed by atoms with E-state index < -0.39 is 12.0 Å². The third-order valence-electron chi connectivity index (χ3n) is 4.65. The minimum absolute atomic E-state index is 0.194. The molecule has 0 saturated carbocycles. The SMILES string of the molecule is C=CC(=O)NCCCCCC(=O)NC(Cc1ccc(N(CCCl)CCCl)cc1)C(=O)O. The fourth-order valence-corrected chi connectivity index (χ4v) is 3.40. The number of carbonyl (C=O) groups is 3. The predicted octanol–water partition coefficient (Wildman–Crippen LogP) is 2.95. The topological polar surface area (TPSA) is 98.7 Å². The molecule has 0 spiro atoms. The lowest BCUT2D eigenvalue weighted by atomic mass is 10.0. The number of hydrogen-bond acceptors (Lipinski definition) is 4. The molecule has 2 amide bonds. The van der Waals surface area contributed by atoms with Gasteiger partial charge in [-0.2, -0.15) is 0 Å². The van der Waals surface area contributed by atoms with Gasteiger partial charge in [-0.3, -0.25) is 9.59 Å². The van der Waals surface area contributed by atoms with Crippen LogP contribution >= 0.6 is 23.2 Å². The van der Waals surface area contributed by atoms with Gasteiger partial charge in [0.05, 0.1) is 0 Å². The van der Waals surface area contributed by atoms with E-state index in [1.165, 1.54) is 6.08 Å². The Labute approximate surface area is 193 Å². The van der Waals surface area contributed by atoms with Gasteiger partial charge in [-0.15, -0.1) is 23.2 Å². The van der Waals surface area contributed by atoms with Crippen molar-refractivity contribution in [3.63, 3.8) is 0 Å². The van der Waals surface area contributed by atoms with Crippen LogP contribution in [0, 0.1) is 0 Å². The molecule has 3 N–H and O–H groups in total. The first-order valence-corrected chi connectivity index (χ1v) is 11.4. The van der Waals surface area contributed by atoms with Gasteiger partial charge in [-0.25, -0.2) is 4.79 Å². The molecule has 0 saturated heterocycles. The number of nitrogens with zero attached hydrogens (tertiary/aromatic N) is 1. The Morgan fingerprint density at radius 3 is 2.26 bits per heavy atom. The molecule has 0 bridgehead atoms. The van der Waals surface area contributed by atoms with Gasteiger partial charge in [0, 0.05) is 49.9 Å². The summed E-state index contributed by atoms with van der Waals surface area (Å²) >= 11 is 11.7. The molecule has 0 aliphatic carbocycles. The van der Waals surface area contributed by atoms with Crippen molar-refractivity contribution in [3.05, 3.63) is 42.5 Å². The van der Waals surface area contributed by atoms with E-state index in [9.17, 15) is 19.5 Å². The molecular formula is C22H31Cl2N3O4. The number of unbranched alkanes of at least 4 members (excludes halogenated alkanes) is 2. The molecule has 0 radical (unpaired) electrons. The molecular weight excluding hydrogens is 441 g/mol. The Hall–Kier alpha value is -2.25. The van der Waals surface area contributed by atoms with Crippen LogP contribution in [0.25, 0.3) is 0 Å². The van der Waals surface area contributed by atoms with Crippen LogP contribution in [0.4, 0.5) is 5.69 Å². The lowest BCUT2D eigenvalue weighted by Gasteiger charge is -2.23. The normalized spacial score (nSPS) is 11.4. The van der Waals surface area contributed by atoms with Crippen LogP contribution in [0.1, 0.15) is 31.2 Å². The van der Waals surface area contributed by atoms with Crippen molar-refractivity contribution in [2.24, 2.45) is 0 Å². The largest absolute Gasteiger partial charge is 0.480 e. The highest BCUT2D eigenvalue weighted by Gasteiger charge is 2.20. The minimum atomic E-state index is -1.07. The first kappa shape index (κ1) is 26.8. The quantitative estimate of drug-likeness (QED) is 0.195. The molecule has 0 aliphatic heterocycles. The van der Waals surface area contributed by atoms with Crippen LogP contribution in [-0.2, 0) is 20.8 Å². The van der Waals surface area contributed by atoms with E-state index in [2.05, 4.69) is 22.1 Å². The zero-order valence-corrected chi connectivity index (χ0v) is 19.1. The number of nitrogens with one attached hydrogen (secondary N) is 2. The number of carbonyl (C=O) groups excluding carboxylic acids is 2. The molecule has 0 aliphatic rings. The predicted molar refractivity (Wildman–Crippen MR) is 125 cm³/mol. The molecule has 9 heteroatoms. The Morgan fingerprint density at radius 1 is 1.06 bits per heavy atom. The highest BCUT2D eigenvalue weighted by molar-refractivity contribution is 6.18.